The molecule has 0 fully saturated rings. The molecule has 9 heteroatoms. The average Bonchev–Trinajstić information content (AvgIpc) is 2.40. The molecule has 0 aliphatic rings. The Morgan fingerprint density at radius 2 is 1.91 bits per heavy atom. The van der Waals surface area contributed by atoms with Gasteiger partial charge < -0.3 is 14.7 Å². The van der Waals surface area contributed by atoms with Gasteiger partial charge in [-0.2, -0.15) is 4.31 Å². The van der Waals surface area contributed by atoms with Gasteiger partial charge in [0.2, 0.25) is 15.9 Å². The second-order valence-corrected chi connectivity index (χ2v) is 7.24. The summed E-state index contributed by atoms with van der Waals surface area (Å²) in [5.41, 5.74) is 0. The molecule has 1 amide bonds. The Kier molecular flexibility index (Phi) is 9.22. The molecular formula is C13H26N2O6S. The Labute approximate surface area is 132 Å². The molecule has 1 atom stereocenters. The van der Waals surface area contributed by atoms with E-state index >= 15 is 0 Å². The molecule has 0 aromatic heterocycles. The lowest BCUT2D eigenvalue weighted by Crippen LogP contribution is -2.44. The first kappa shape index (κ1) is 20.8. The molecule has 1 N–H and O–H groups in total. The first-order chi connectivity index (χ1) is 10.1. The van der Waals surface area contributed by atoms with Crippen LogP contribution in [0.25, 0.3) is 0 Å². The molecule has 0 bridgehead atoms. The van der Waals surface area contributed by atoms with Crippen LogP contribution in [0.1, 0.15) is 20.3 Å². The van der Waals surface area contributed by atoms with Crippen LogP contribution in [-0.2, 0) is 24.3 Å². The van der Waals surface area contributed by atoms with E-state index in [1.165, 1.54) is 18.9 Å². The van der Waals surface area contributed by atoms with Crippen molar-refractivity contribution in [3.63, 3.8) is 0 Å². The molecular weight excluding hydrogens is 312 g/mol. The lowest BCUT2D eigenvalue weighted by Gasteiger charge is -2.26. The van der Waals surface area contributed by atoms with E-state index in [0.29, 0.717) is 26.2 Å². The topological polar surface area (TPSA) is 104 Å². The van der Waals surface area contributed by atoms with Crippen LogP contribution in [-0.4, -0.2) is 80.8 Å². The minimum atomic E-state index is -3.46. The van der Waals surface area contributed by atoms with Gasteiger partial charge in [-0.3, -0.25) is 9.59 Å². The zero-order valence-electron chi connectivity index (χ0n) is 13.6. The highest BCUT2D eigenvalue weighted by Crippen LogP contribution is 2.05. The number of hydrogen-bond donors (Lipinski definition) is 1. The summed E-state index contributed by atoms with van der Waals surface area (Å²) in [6.07, 6.45) is 1.58. The summed E-state index contributed by atoms with van der Waals surface area (Å²) >= 11 is 0. The third kappa shape index (κ3) is 8.30. The van der Waals surface area contributed by atoms with Gasteiger partial charge >= 0.3 is 5.97 Å². The molecule has 1 unspecified atom stereocenters. The summed E-state index contributed by atoms with van der Waals surface area (Å²) in [4.78, 5) is 24.5. The largest absolute Gasteiger partial charge is 0.481 e. The first-order valence-electron chi connectivity index (χ1n) is 7.09. The van der Waals surface area contributed by atoms with Gasteiger partial charge in [0, 0.05) is 33.4 Å². The molecule has 8 nitrogen and oxygen atoms in total. The Balaban J connectivity index is 4.73. The van der Waals surface area contributed by atoms with Crippen LogP contribution in [0.3, 0.4) is 0 Å². The maximum Gasteiger partial charge on any atom is 0.308 e. The number of nitrogens with zero attached hydrogens (tertiary/aromatic N) is 2. The van der Waals surface area contributed by atoms with Gasteiger partial charge in [-0.05, 0) is 13.3 Å². The minimum Gasteiger partial charge on any atom is -0.481 e. The van der Waals surface area contributed by atoms with Gasteiger partial charge in [-0.15, -0.1) is 0 Å². The molecule has 0 aromatic rings. The molecule has 0 saturated heterocycles. The number of carboxylic acid groups (broad SMARTS) is 1. The van der Waals surface area contributed by atoms with E-state index < -0.39 is 27.8 Å². The SMILES string of the molecule is CCOCCCN(CC(C)C(=O)O)C(=O)CN(C)S(C)(=O)=O. The van der Waals surface area contributed by atoms with Gasteiger partial charge in [0.25, 0.3) is 0 Å². The molecule has 22 heavy (non-hydrogen) atoms. The summed E-state index contributed by atoms with van der Waals surface area (Å²) < 4.78 is 28.9. The summed E-state index contributed by atoms with van der Waals surface area (Å²) in [6, 6.07) is 0. The average molecular weight is 338 g/mol. The van der Waals surface area contributed by atoms with Gasteiger partial charge in [0.05, 0.1) is 18.7 Å². The zero-order chi connectivity index (χ0) is 17.3. The molecule has 0 heterocycles. The standard InChI is InChI=1S/C13H26N2O6S/c1-5-21-8-6-7-15(9-11(2)13(17)18)12(16)10-14(3)22(4,19)20/h11H,5-10H2,1-4H3,(H,17,18). The van der Waals surface area contributed by atoms with Crippen LogP contribution in [0.2, 0.25) is 0 Å². The van der Waals surface area contributed by atoms with E-state index in [9.17, 15) is 18.0 Å². The fraction of sp³-hybridized carbons (Fsp3) is 0.846. The highest BCUT2D eigenvalue weighted by molar-refractivity contribution is 7.88. The van der Waals surface area contributed by atoms with Crippen LogP contribution < -0.4 is 0 Å². The summed E-state index contributed by atoms with van der Waals surface area (Å²) in [7, 11) is -2.15. The number of rotatable bonds is 11. The lowest BCUT2D eigenvalue weighted by molar-refractivity contribution is -0.143. The number of ether oxygens (including phenoxy) is 1. The van der Waals surface area contributed by atoms with Crippen LogP contribution >= 0.6 is 0 Å². The van der Waals surface area contributed by atoms with Gasteiger partial charge in [0.15, 0.2) is 0 Å². The number of carbonyl (C=O) groups is 2. The number of likely N-dealkylation sites (N-methyl/N-ethyl adjacent to an activating group) is 1. The molecule has 0 radical (unpaired) electrons. The van der Waals surface area contributed by atoms with Crippen LogP contribution in [0.5, 0.6) is 0 Å². The van der Waals surface area contributed by atoms with E-state index in [2.05, 4.69) is 0 Å². The molecule has 0 spiro atoms. The van der Waals surface area contributed by atoms with E-state index in [0.717, 1.165) is 10.6 Å². The highest BCUT2D eigenvalue weighted by atomic mass is 32.2. The van der Waals surface area contributed by atoms with Crippen LogP contribution in [0, 0.1) is 5.92 Å². The Hall–Kier alpha value is -1.19. The van der Waals surface area contributed by atoms with Crippen molar-refractivity contribution in [1.29, 1.82) is 0 Å². The highest BCUT2D eigenvalue weighted by Gasteiger charge is 2.23. The van der Waals surface area contributed by atoms with Gasteiger partial charge in [-0.25, -0.2) is 8.42 Å². The summed E-state index contributed by atoms with van der Waals surface area (Å²) in [5.74, 6) is -2.14. The van der Waals surface area contributed by atoms with Crippen molar-refractivity contribution in [2.75, 3.05) is 46.2 Å². The van der Waals surface area contributed by atoms with Crippen LogP contribution in [0.4, 0.5) is 0 Å². The summed E-state index contributed by atoms with van der Waals surface area (Å²) in [5, 5.41) is 8.96. The van der Waals surface area contributed by atoms with E-state index in [1.54, 1.807) is 0 Å². The molecule has 0 aliphatic heterocycles. The van der Waals surface area contributed by atoms with Crippen LogP contribution in [0.15, 0.2) is 0 Å². The van der Waals surface area contributed by atoms with E-state index in [1.807, 2.05) is 6.92 Å². The van der Waals surface area contributed by atoms with Crippen molar-refractivity contribution >= 4 is 21.9 Å². The second kappa shape index (κ2) is 9.75. The van der Waals surface area contributed by atoms with Crippen molar-refractivity contribution in [1.82, 2.24) is 9.21 Å². The number of hydrogen-bond acceptors (Lipinski definition) is 5. The number of amides is 1. The maximum atomic E-state index is 12.2. The fourth-order valence-corrected chi connectivity index (χ4v) is 1.98. The van der Waals surface area contributed by atoms with Crippen molar-refractivity contribution in [2.24, 2.45) is 5.92 Å². The number of carbonyl (C=O) groups excluding carboxylic acids is 1. The second-order valence-electron chi connectivity index (χ2n) is 5.15. The predicted octanol–water partition coefficient (Wildman–Crippen LogP) is -0.146. The predicted molar refractivity (Wildman–Crippen MR) is 82.0 cm³/mol. The van der Waals surface area contributed by atoms with Crippen molar-refractivity contribution in [2.45, 2.75) is 20.3 Å². The first-order valence-corrected chi connectivity index (χ1v) is 8.94. The van der Waals surface area contributed by atoms with Crippen molar-refractivity contribution in [3.05, 3.63) is 0 Å². The number of carboxylic acids is 1. The van der Waals surface area contributed by atoms with E-state index in [-0.39, 0.29) is 13.1 Å². The van der Waals surface area contributed by atoms with Crippen molar-refractivity contribution < 1.29 is 27.9 Å². The number of sulfonamides is 1. The smallest absolute Gasteiger partial charge is 0.308 e. The van der Waals surface area contributed by atoms with Gasteiger partial charge in [0.1, 0.15) is 0 Å². The van der Waals surface area contributed by atoms with Gasteiger partial charge in [-0.1, -0.05) is 6.92 Å². The maximum absolute atomic E-state index is 12.2. The normalized spacial score (nSPS) is 13.1. The third-order valence-electron chi connectivity index (χ3n) is 3.11. The fourth-order valence-electron chi connectivity index (χ4n) is 1.64. The quantitative estimate of drug-likeness (QED) is 0.526. The molecule has 0 aromatic carbocycles. The monoisotopic (exact) mass is 338 g/mol. The Bertz CT molecular complexity index is 465. The minimum absolute atomic E-state index is 0.0396. The lowest BCUT2D eigenvalue weighted by atomic mass is 10.1. The van der Waals surface area contributed by atoms with E-state index in [4.69, 9.17) is 9.84 Å². The third-order valence-corrected chi connectivity index (χ3v) is 4.37. The molecule has 0 rings (SSSR count). The van der Waals surface area contributed by atoms with Crippen molar-refractivity contribution in [3.8, 4) is 0 Å². The molecule has 0 saturated carbocycles. The summed E-state index contributed by atoms with van der Waals surface area (Å²) in [6.45, 7) is 4.45. The Morgan fingerprint density at radius 1 is 1.32 bits per heavy atom. The molecule has 130 valence electrons. The number of aliphatic carboxylic acids is 1. The molecule has 0 aliphatic carbocycles. The zero-order valence-corrected chi connectivity index (χ0v) is 14.4. The Morgan fingerprint density at radius 3 is 2.36 bits per heavy atom.